The van der Waals surface area contributed by atoms with Gasteiger partial charge in [0, 0.05) is 36.2 Å². The molecule has 0 radical (unpaired) electrons. The maximum absolute atomic E-state index is 12.8. The minimum absolute atomic E-state index is 0.170. The second-order valence-corrected chi connectivity index (χ2v) is 5.80. The van der Waals surface area contributed by atoms with E-state index in [9.17, 15) is 4.79 Å². The number of aromatic nitrogens is 1. The fourth-order valence-electron chi connectivity index (χ4n) is 3.26. The number of rotatable bonds is 3. The minimum Gasteiger partial charge on any atom is -0.347 e. The van der Waals surface area contributed by atoms with Crippen molar-refractivity contribution in [3.05, 3.63) is 42.1 Å². The van der Waals surface area contributed by atoms with Crippen molar-refractivity contribution in [2.45, 2.75) is 39.3 Å². The summed E-state index contributed by atoms with van der Waals surface area (Å²) in [5, 5.41) is 1.05. The Labute approximate surface area is 125 Å². The fraction of sp³-hybridized carbons (Fsp3) is 0.389. The number of amides is 1. The quantitative estimate of drug-likeness (QED) is 0.837. The average Bonchev–Trinajstić information content (AvgIpc) is 3.09. The first kappa shape index (κ1) is 13.9. The van der Waals surface area contributed by atoms with Crippen LogP contribution in [0.15, 0.2) is 31.0 Å². The molecule has 1 aliphatic rings. The number of likely N-dealkylation sites (tertiary alicyclic amines) is 1. The van der Waals surface area contributed by atoms with Crippen LogP contribution >= 0.6 is 0 Å². The van der Waals surface area contributed by atoms with Crippen molar-refractivity contribution in [3.63, 3.8) is 0 Å². The molecule has 0 bridgehead atoms. The number of hydrogen-bond acceptors (Lipinski definition) is 1. The van der Waals surface area contributed by atoms with E-state index in [1.807, 2.05) is 29.3 Å². The van der Waals surface area contributed by atoms with Crippen LogP contribution in [0, 0.1) is 0 Å². The van der Waals surface area contributed by atoms with Gasteiger partial charge in [-0.1, -0.05) is 24.8 Å². The molecule has 0 saturated carbocycles. The highest BCUT2D eigenvalue weighted by Gasteiger charge is 2.28. The number of fused-ring (bicyclic) bond motifs is 1. The third-order valence-corrected chi connectivity index (χ3v) is 4.53. The number of aryl methyl sites for hydroxylation is 1. The van der Waals surface area contributed by atoms with Crippen LogP contribution in [-0.4, -0.2) is 28.0 Å². The van der Waals surface area contributed by atoms with Crippen LogP contribution in [0.2, 0.25) is 0 Å². The number of hydrogen-bond donors (Lipinski definition) is 0. The summed E-state index contributed by atoms with van der Waals surface area (Å²) in [4.78, 5) is 14.9. The summed E-state index contributed by atoms with van der Waals surface area (Å²) in [6, 6.07) is 6.53. The summed E-state index contributed by atoms with van der Waals surface area (Å²) in [7, 11) is 0. The molecule has 1 saturated heterocycles. The normalized spacial score (nSPS) is 18.4. The van der Waals surface area contributed by atoms with Gasteiger partial charge in [0.2, 0.25) is 0 Å². The van der Waals surface area contributed by atoms with Crippen molar-refractivity contribution in [1.82, 2.24) is 9.47 Å². The molecule has 0 aliphatic carbocycles. The first-order chi connectivity index (χ1) is 10.2. The summed E-state index contributed by atoms with van der Waals surface area (Å²) >= 11 is 0. The molecule has 1 atom stereocenters. The van der Waals surface area contributed by atoms with E-state index < -0.39 is 0 Å². The fourth-order valence-corrected chi connectivity index (χ4v) is 3.26. The summed E-state index contributed by atoms with van der Waals surface area (Å²) in [5.74, 6) is 0.170. The predicted octanol–water partition coefficient (Wildman–Crippen LogP) is 3.93. The van der Waals surface area contributed by atoms with E-state index >= 15 is 0 Å². The Balaban J connectivity index is 2.10. The van der Waals surface area contributed by atoms with E-state index in [1.165, 1.54) is 0 Å². The second-order valence-electron chi connectivity index (χ2n) is 5.80. The lowest BCUT2D eigenvalue weighted by molar-refractivity contribution is 0.0749. The lowest BCUT2D eigenvalue weighted by Gasteiger charge is -2.21. The van der Waals surface area contributed by atoms with Crippen molar-refractivity contribution >= 4 is 22.9 Å². The van der Waals surface area contributed by atoms with Crippen molar-refractivity contribution in [1.29, 1.82) is 0 Å². The maximum Gasteiger partial charge on any atom is 0.256 e. The summed E-state index contributed by atoms with van der Waals surface area (Å²) in [6.07, 6.45) is 6.07. The molecule has 2 heterocycles. The number of carbonyl (C=O) groups excluding carboxylic acids is 1. The molecule has 1 aliphatic heterocycles. The molecule has 3 heteroatoms. The molecule has 2 aromatic rings. The van der Waals surface area contributed by atoms with Crippen LogP contribution in [0.4, 0.5) is 0 Å². The molecule has 1 aromatic heterocycles. The Morgan fingerprint density at radius 2 is 2.29 bits per heavy atom. The van der Waals surface area contributed by atoms with Gasteiger partial charge in [0.15, 0.2) is 0 Å². The Morgan fingerprint density at radius 1 is 1.48 bits per heavy atom. The number of nitrogens with zero attached hydrogens (tertiary/aromatic N) is 2. The van der Waals surface area contributed by atoms with Gasteiger partial charge in [-0.2, -0.15) is 0 Å². The Bertz CT molecular complexity index is 699. The predicted molar refractivity (Wildman–Crippen MR) is 87.4 cm³/mol. The van der Waals surface area contributed by atoms with Gasteiger partial charge in [0.05, 0.1) is 5.56 Å². The highest BCUT2D eigenvalue weighted by Crippen LogP contribution is 2.27. The smallest absolute Gasteiger partial charge is 0.256 e. The van der Waals surface area contributed by atoms with Gasteiger partial charge in [-0.3, -0.25) is 4.79 Å². The van der Waals surface area contributed by atoms with Gasteiger partial charge in [0.25, 0.3) is 5.91 Å². The SMILES string of the molecule is C=Cc1ccc2c(C(=O)N3CCC[C@@H]3C)cn(CC)c2c1. The Kier molecular flexibility index (Phi) is 3.58. The van der Waals surface area contributed by atoms with Gasteiger partial charge >= 0.3 is 0 Å². The molecule has 3 rings (SSSR count). The van der Waals surface area contributed by atoms with Gasteiger partial charge in [-0.25, -0.2) is 0 Å². The third kappa shape index (κ3) is 2.27. The lowest BCUT2D eigenvalue weighted by atomic mass is 10.1. The topological polar surface area (TPSA) is 25.2 Å². The van der Waals surface area contributed by atoms with Crippen molar-refractivity contribution in [2.24, 2.45) is 0 Å². The van der Waals surface area contributed by atoms with Gasteiger partial charge in [-0.05, 0) is 38.3 Å². The maximum atomic E-state index is 12.8. The monoisotopic (exact) mass is 282 g/mol. The number of carbonyl (C=O) groups is 1. The Hall–Kier alpha value is -2.03. The molecular formula is C18H22N2O. The van der Waals surface area contributed by atoms with Crippen LogP contribution in [0.5, 0.6) is 0 Å². The molecule has 21 heavy (non-hydrogen) atoms. The highest BCUT2D eigenvalue weighted by molar-refractivity contribution is 6.07. The van der Waals surface area contributed by atoms with Gasteiger partial charge < -0.3 is 9.47 Å². The largest absolute Gasteiger partial charge is 0.347 e. The summed E-state index contributed by atoms with van der Waals surface area (Å²) in [5.41, 5.74) is 3.03. The van der Waals surface area contributed by atoms with Crippen molar-refractivity contribution in [3.8, 4) is 0 Å². The standard InChI is InChI=1S/C18H22N2O/c1-4-14-8-9-15-16(12-19(5-2)17(15)11-14)18(21)20-10-6-7-13(20)3/h4,8-9,11-13H,1,5-7,10H2,2-3H3/t13-/m0/s1. The van der Waals surface area contributed by atoms with Crippen LogP contribution in [0.3, 0.4) is 0 Å². The van der Waals surface area contributed by atoms with Crippen LogP contribution in [0.1, 0.15) is 42.6 Å². The zero-order valence-corrected chi connectivity index (χ0v) is 12.8. The average molecular weight is 282 g/mol. The molecule has 1 aromatic carbocycles. The van der Waals surface area contributed by atoms with E-state index in [-0.39, 0.29) is 5.91 Å². The minimum atomic E-state index is 0.170. The first-order valence-electron chi connectivity index (χ1n) is 7.72. The van der Waals surface area contributed by atoms with Crippen molar-refractivity contribution in [2.75, 3.05) is 6.54 Å². The lowest BCUT2D eigenvalue weighted by Crippen LogP contribution is -2.33. The zero-order valence-electron chi connectivity index (χ0n) is 12.8. The van der Waals surface area contributed by atoms with E-state index in [1.54, 1.807) is 0 Å². The molecule has 1 fully saturated rings. The summed E-state index contributed by atoms with van der Waals surface area (Å²) in [6.45, 7) is 9.81. The molecule has 1 amide bonds. The summed E-state index contributed by atoms with van der Waals surface area (Å²) < 4.78 is 2.15. The molecular weight excluding hydrogens is 260 g/mol. The van der Waals surface area contributed by atoms with E-state index in [0.717, 1.165) is 48.0 Å². The van der Waals surface area contributed by atoms with Crippen molar-refractivity contribution < 1.29 is 4.79 Å². The van der Waals surface area contributed by atoms with Crippen LogP contribution in [-0.2, 0) is 6.54 Å². The van der Waals surface area contributed by atoms with E-state index in [2.05, 4.69) is 31.1 Å². The Morgan fingerprint density at radius 3 is 2.90 bits per heavy atom. The molecule has 110 valence electrons. The molecule has 0 unspecified atom stereocenters. The first-order valence-corrected chi connectivity index (χ1v) is 7.72. The molecule has 3 nitrogen and oxygen atoms in total. The van der Waals surface area contributed by atoms with E-state index in [0.29, 0.717) is 6.04 Å². The second kappa shape index (κ2) is 5.40. The highest BCUT2D eigenvalue weighted by atomic mass is 16.2. The van der Waals surface area contributed by atoms with E-state index in [4.69, 9.17) is 0 Å². The van der Waals surface area contributed by atoms with Crippen LogP contribution < -0.4 is 0 Å². The molecule has 0 N–H and O–H groups in total. The van der Waals surface area contributed by atoms with Gasteiger partial charge in [-0.15, -0.1) is 0 Å². The van der Waals surface area contributed by atoms with Crippen LogP contribution in [0.25, 0.3) is 17.0 Å². The number of benzene rings is 1. The van der Waals surface area contributed by atoms with Gasteiger partial charge in [0.1, 0.15) is 0 Å². The zero-order chi connectivity index (χ0) is 15.0. The third-order valence-electron chi connectivity index (χ3n) is 4.53. The molecule has 0 spiro atoms.